The summed E-state index contributed by atoms with van der Waals surface area (Å²) in [5.74, 6) is 0. The SMILES string of the molecule is CCCCCC(OC)S(=O)(=O)O. The lowest BCUT2D eigenvalue weighted by Gasteiger charge is -2.10. The number of hydrogen-bond donors (Lipinski definition) is 1. The highest BCUT2D eigenvalue weighted by Crippen LogP contribution is 2.10. The van der Waals surface area contributed by atoms with Gasteiger partial charge in [-0.1, -0.05) is 19.8 Å². The maximum absolute atomic E-state index is 10.6. The topological polar surface area (TPSA) is 63.6 Å². The van der Waals surface area contributed by atoms with E-state index in [1.807, 2.05) is 6.92 Å². The largest absolute Gasteiger partial charge is 0.363 e. The highest BCUT2D eigenvalue weighted by molar-refractivity contribution is 7.86. The molecule has 1 atom stereocenters. The van der Waals surface area contributed by atoms with E-state index >= 15 is 0 Å². The third-order valence-corrected chi connectivity index (χ3v) is 2.73. The number of hydrogen-bond acceptors (Lipinski definition) is 3. The van der Waals surface area contributed by atoms with Crippen LogP contribution < -0.4 is 0 Å². The van der Waals surface area contributed by atoms with Crippen molar-refractivity contribution in [3.63, 3.8) is 0 Å². The van der Waals surface area contributed by atoms with Crippen LogP contribution in [0.25, 0.3) is 0 Å². The molecule has 0 fully saturated rings. The predicted octanol–water partition coefficient (Wildman–Crippen LogP) is 1.43. The van der Waals surface area contributed by atoms with E-state index in [0.717, 1.165) is 19.3 Å². The van der Waals surface area contributed by atoms with E-state index in [9.17, 15) is 8.42 Å². The minimum atomic E-state index is -4.02. The second-order valence-electron chi connectivity index (χ2n) is 2.68. The number of rotatable bonds is 6. The minimum absolute atomic E-state index is 0.364. The van der Waals surface area contributed by atoms with E-state index in [1.54, 1.807) is 0 Å². The first kappa shape index (κ1) is 11.9. The molecule has 0 heterocycles. The molecule has 0 aliphatic carbocycles. The van der Waals surface area contributed by atoms with Crippen LogP contribution in [-0.2, 0) is 14.9 Å². The summed E-state index contributed by atoms with van der Waals surface area (Å²) in [5, 5.41) is 0. The fourth-order valence-electron chi connectivity index (χ4n) is 0.949. The predicted molar refractivity (Wildman–Crippen MR) is 46.5 cm³/mol. The van der Waals surface area contributed by atoms with Crippen LogP contribution in [0.5, 0.6) is 0 Å². The summed E-state index contributed by atoms with van der Waals surface area (Å²) < 4.78 is 34.4. The van der Waals surface area contributed by atoms with Gasteiger partial charge in [0.05, 0.1) is 0 Å². The van der Waals surface area contributed by atoms with Crippen LogP contribution >= 0.6 is 0 Å². The molecular weight excluding hydrogens is 180 g/mol. The average Bonchev–Trinajstić information content (AvgIpc) is 1.95. The van der Waals surface area contributed by atoms with Crippen LogP contribution in [0, 0.1) is 0 Å². The molecule has 0 radical (unpaired) electrons. The number of methoxy groups -OCH3 is 1. The Balaban J connectivity index is 3.85. The Morgan fingerprint density at radius 2 is 2.00 bits per heavy atom. The zero-order valence-corrected chi connectivity index (χ0v) is 8.30. The van der Waals surface area contributed by atoms with E-state index in [0.29, 0.717) is 6.42 Å². The van der Waals surface area contributed by atoms with Gasteiger partial charge in [0.1, 0.15) is 0 Å². The van der Waals surface area contributed by atoms with Gasteiger partial charge in [-0.3, -0.25) is 4.55 Å². The van der Waals surface area contributed by atoms with Crippen molar-refractivity contribution in [2.24, 2.45) is 0 Å². The molecule has 0 aromatic heterocycles. The van der Waals surface area contributed by atoms with Crippen molar-refractivity contribution in [2.45, 2.75) is 38.0 Å². The Morgan fingerprint density at radius 3 is 2.33 bits per heavy atom. The minimum Gasteiger partial charge on any atom is -0.363 e. The van der Waals surface area contributed by atoms with Crippen LogP contribution in [0.1, 0.15) is 32.6 Å². The molecule has 12 heavy (non-hydrogen) atoms. The molecule has 4 nitrogen and oxygen atoms in total. The Labute approximate surface area is 73.7 Å². The molecule has 0 saturated carbocycles. The lowest BCUT2D eigenvalue weighted by atomic mass is 10.2. The van der Waals surface area contributed by atoms with E-state index in [4.69, 9.17) is 4.55 Å². The molecule has 5 heteroatoms. The molecular formula is C7H16O4S. The molecule has 0 aliphatic heterocycles. The molecule has 1 N–H and O–H groups in total. The second-order valence-corrected chi connectivity index (χ2v) is 4.23. The van der Waals surface area contributed by atoms with Crippen LogP contribution in [0.3, 0.4) is 0 Å². The van der Waals surface area contributed by atoms with Crippen molar-refractivity contribution in [3.8, 4) is 0 Å². The van der Waals surface area contributed by atoms with Crippen molar-refractivity contribution in [2.75, 3.05) is 7.11 Å². The summed E-state index contributed by atoms with van der Waals surface area (Å²) in [5.41, 5.74) is -1.05. The van der Waals surface area contributed by atoms with Gasteiger partial charge >= 0.3 is 0 Å². The van der Waals surface area contributed by atoms with Gasteiger partial charge in [0.2, 0.25) is 0 Å². The summed E-state index contributed by atoms with van der Waals surface area (Å²) in [6, 6.07) is 0. The fraction of sp³-hybridized carbons (Fsp3) is 1.00. The maximum Gasteiger partial charge on any atom is 0.292 e. The Kier molecular flexibility index (Phi) is 5.44. The molecule has 0 aromatic carbocycles. The molecule has 0 saturated heterocycles. The first-order chi connectivity index (χ1) is 5.52. The molecule has 74 valence electrons. The summed E-state index contributed by atoms with van der Waals surface area (Å²) in [7, 11) is -2.74. The molecule has 0 spiro atoms. The molecule has 1 unspecified atom stereocenters. The fourth-order valence-corrected chi connectivity index (χ4v) is 1.66. The Morgan fingerprint density at radius 1 is 1.42 bits per heavy atom. The van der Waals surface area contributed by atoms with Crippen molar-refractivity contribution in [3.05, 3.63) is 0 Å². The molecule has 0 rings (SSSR count). The summed E-state index contributed by atoms with van der Waals surface area (Å²) in [4.78, 5) is 0. The van der Waals surface area contributed by atoms with Crippen LogP contribution in [0.15, 0.2) is 0 Å². The smallest absolute Gasteiger partial charge is 0.292 e. The quantitative estimate of drug-likeness (QED) is 0.515. The van der Waals surface area contributed by atoms with Gasteiger partial charge in [-0.2, -0.15) is 8.42 Å². The second kappa shape index (κ2) is 5.50. The lowest BCUT2D eigenvalue weighted by molar-refractivity contribution is 0.145. The van der Waals surface area contributed by atoms with Crippen molar-refractivity contribution in [1.82, 2.24) is 0 Å². The molecule has 0 aromatic rings. The zero-order valence-electron chi connectivity index (χ0n) is 7.49. The number of unbranched alkanes of at least 4 members (excludes halogenated alkanes) is 2. The maximum atomic E-state index is 10.6. The monoisotopic (exact) mass is 196 g/mol. The third-order valence-electron chi connectivity index (χ3n) is 1.64. The summed E-state index contributed by atoms with van der Waals surface area (Å²) in [6.07, 6.45) is 3.09. The molecule has 0 amide bonds. The zero-order chi connectivity index (χ0) is 9.61. The van der Waals surface area contributed by atoms with Crippen molar-refractivity contribution >= 4 is 10.1 Å². The van der Waals surface area contributed by atoms with Gasteiger partial charge < -0.3 is 4.74 Å². The van der Waals surface area contributed by atoms with Gasteiger partial charge in [0.15, 0.2) is 5.44 Å². The van der Waals surface area contributed by atoms with E-state index in [2.05, 4.69) is 4.74 Å². The lowest BCUT2D eigenvalue weighted by Crippen LogP contribution is -2.22. The Hall–Kier alpha value is -0.130. The van der Waals surface area contributed by atoms with E-state index in [1.165, 1.54) is 7.11 Å². The normalized spacial score (nSPS) is 14.6. The third kappa shape index (κ3) is 4.69. The summed E-state index contributed by atoms with van der Waals surface area (Å²) >= 11 is 0. The highest BCUT2D eigenvalue weighted by atomic mass is 32.2. The number of ether oxygens (including phenoxy) is 1. The first-order valence-corrected chi connectivity index (χ1v) is 5.51. The van der Waals surface area contributed by atoms with Gasteiger partial charge in [0.25, 0.3) is 10.1 Å². The van der Waals surface area contributed by atoms with Crippen molar-refractivity contribution < 1.29 is 17.7 Å². The van der Waals surface area contributed by atoms with Gasteiger partial charge in [-0.25, -0.2) is 0 Å². The van der Waals surface area contributed by atoms with Gasteiger partial charge in [-0.15, -0.1) is 0 Å². The van der Waals surface area contributed by atoms with Gasteiger partial charge in [-0.05, 0) is 12.8 Å². The summed E-state index contributed by atoms with van der Waals surface area (Å²) in [6.45, 7) is 2.02. The van der Waals surface area contributed by atoms with E-state index in [-0.39, 0.29) is 0 Å². The first-order valence-electron chi connectivity index (χ1n) is 4.01. The van der Waals surface area contributed by atoms with E-state index < -0.39 is 15.6 Å². The van der Waals surface area contributed by atoms with Crippen LogP contribution in [0.4, 0.5) is 0 Å². The Bertz CT molecular complexity index is 197. The van der Waals surface area contributed by atoms with Crippen molar-refractivity contribution in [1.29, 1.82) is 0 Å². The standard InChI is InChI=1S/C7H16O4S/c1-3-4-5-6-7(11-2)12(8,9)10/h7H,3-6H2,1-2H3,(H,8,9,10). The van der Waals surface area contributed by atoms with Crippen LogP contribution in [0.2, 0.25) is 0 Å². The van der Waals surface area contributed by atoms with Crippen LogP contribution in [-0.4, -0.2) is 25.5 Å². The molecule has 0 bridgehead atoms. The molecule has 0 aliphatic rings. The van der Waals surface area contributed by atoms with Gasteiger partial charge in [0, 0.05) is 7.11 Å². The average molecular weight is 196 g/mol. The highest BCUT2D eigenvalue weighted by Gasteiger charge is 2.20.